The topological polar surface area (TPSA) is 75.7 Å². The predicted molar refractivity (Wildman–Crippen MR) is 131 cm³/mol. The van der Waals surface area contributed by atoms with Crippen LogP contribution in [0.4, 0.5) is 17.3 Å². The number of ether oxygens (including phenoxy) is 2. The van der Waals surface area contributed by atoms with Crippen molar-refractivity contribution in [1.29, 1.82) is 0 Å². The van der Waals surface area contributed by atoms with Crippen molar-refractivity contribution < 1.29 is 14.3 Å². The van der Waals surface area contributed by atoms with Crippen LogP contribution in [0.5, 0.6) is 0 Å². The fourth-order valence-electron chi connectivity index (χ4n) is 4.16. The van der Waals surface area contributed by atoms with Crippen LogP contribution in [0.15, 0.2) is 54.5 Å². The maximum absolute atomic E-state index is 12.6. The van der Waals surface area contributed by atoms with Crippen molar-refractivity contribution in [3.05, 3.63) is 60.0 Å². The molecule has 0 radical (unpaired) electrons. The quantitative estimate of drug-likeness (QED) is 0.594. The van der Waals surface area contributed by atoms with Gasteiger partial charge in [0.05, 0.1) is 11.7 Å². The average Bonchev–Trinajstić information content (AvgIpc) is 3.48. The number of hydrogen-bond acceptors (Lipinski definition) is 6. The van der Waals surface area contributed by atoms with E-state index in [9.17, 15) is 4.79 Å². The zero-order chi connectivity index (χ0) is 23.3. The summed E-state index contributed by atoms with van der Waals surface area (Å²) in [5, 5.41) is 6.62. The molecule has 1 aromatic heterocycles. The van der Waals surface area contributed by atoms with Gasteiger partial charge in [-0.2, -0.15) is 0 Å². The molecular weight excluding hydrogens is 416 g/mol. The third-order valence-electron chi connectivity index (χ3n) is 5.69. The molecule has 1 amide bonds. The molecule has 0 saturated carbocycles. The molecule has 1 atom stereocenters. The average molecular weight is 451 g/mol. The van der Waals surface area contributed by atoms with E-state index in [2.05, 4.69) is 48.4 Å². The van der Waals surface area contributed by atoms with E-state index < -0.39 is 0 Å². The summed E-state index contributed by atoms with van der Waals surface area (Å²) in [6.45, 7) is 8.30. The Labute approximate surface area is 196 Å². The fourth-order valence-corrected chi connectivity index (χ4v) is 4.16. The lowest BCUT2D eigenvalue weighted by Gasteiger charge is -2.24. The van der Waals surface area contributed by atoms with Crippen LogP contribution >= 0.6 is 0 Å². The van der Waals surface area contributed by atoms with E-state index >= 15 is 0 Å². The summed E-state index contributed by atoms with van der Waals surface area (Å²) in [5.41, 5.74) is 1.88. The molecule has 1 unspecified atom stereocenters. The lowest BCUT2D eigenvalue weighted by molar-refractivity contribution is -0.117. The number of nitrogens with one attached hydrogen (secondary N) is 2. The largest absolute Gasteiger partial charge is 0.462 e. The van der Waals surface area contributed by atoms with Crippen LogP contribution < -0.4 is 15.5 Å². The van der Waals surface area contributed by atoms with E-state index in [0.29, 0.717) is 6.42 Å². The molecule has 0 bridgehead atoms. The molecule has 1 aromatic carbocycles. The van der Waals surface area contributed by atoms with Gasteiger partial charge in [0.25, 0.3) is 0 Å². The van der Waals surface area contributed by atoms with Crippen LogP contribution in [-0.2, 0) is 20.7 Å². The predicted octanol–water partition coefficient (Wildman–Crippen LogP) is 4.93. The number of amides is 1. The smallest absolute Gasteiger partial charge is 0.229 e. The summed E-state index contributed by atoms with van der Waals surface area (Å²) in [4.78, 5) is 19.8. The maximum atomic E-state index is 12.6. The van der Waals surface area contributed by atoms with Gasteiger partial charge in [-0.25, -0.2) is 4.98 Å². The molecule has 3 heterocycles. The third-order valence-corrected chi connectivity index (χ3v) is 5.69. The van der Waals surface area contributed by atoms with Crippen molar-refractivity contribution >= 4 is 23.2 Å². The monoisotopic (exact) mass is 450 g/mol. The Morgan fingerprint density at radius 1 is 1.12 bits per heavy atom. The highest BCUT2D eigenvalue weighted by Crippen LogP contribution is 2.31. The SMILES string of the molecule is CC(C)(C)CC(=O)Nc1ccc(NC(Cc2ccccc2)C2=COCO2)nc1N1CCCC1. The van der Waals surface area contributed by atoms with Gasteiger partial charge >= 0.3 is 0 Å². The van der Waals surface area contributed by atoms with Gasteiger partial charge in [0, 0.05) is 19.5 Å². The van der Waals surface area contributed by atoms with Crippen LogP contribution in [0.25, 0.3) is 0 Å². The second kappa shape index (κ2) is 10.1. The first kappa shape index (κ1) is 23.0. The first-order chi connectivity index (χ1) is 15.9. The summed E-state index contributed by atoms with van der Waals surface area (Å²) in [5.74, 6) is 2.32. The minimum absolute atomic E-state index is 0.00840. The number of carbonyl (C=O) groups excluding carboxylic acids is 1. The molecule has 2 aliphatic heterocycles. The molecule has 4 rings (SSSR count). The minimum Gasteiger partial charge on any atom is -0.462 e. The van der Waals surface area contributed by atoms with E-state index in [0.717, 1.165) is 55.4 Å². The Kier molecular flexibility index (Phi) is 7.06. The number of nitrogens with zero attached hydrogens (tertiary/aromatic N) is 2. The summed E-state index contributed by atoms with van der Waals surface area (Å²) in [6, 6.07) is 14.0. The molecule has 2 N–H and O–H groups in total. The lowest BCUT2D eigenvalue weighted by atomic mass is 9.92. The molecular formula is C26H34N4O3. The van der Waals surface area contributed by atoms with Crippen molar-refractivity contribution in [3.63, 3.8) is 0 Å². The molecule has 176 valence electrons. The fraction of sp³-hybridized carbons (Fsp3) is 0.462. The Hall–Kier alpha value is -3.22. The van der Waals surface area contributed by atoms with Crippen molar-refractivity contribution in [1.82, 2.24) is 4.98 Å². The van der Waals surface area contributed by atoms with Gasteiger partial charge in [0.1, 0.15) is 12.1 Å². The number of anilines is 3. The molecule has 0 aliphatic carbocycles. The number of hydrogen-bond donors (Lipinski definition) is 2. The van der Waals surface area contributed by atoms with Gasteiger partial charge < -0.3 is 25.0 Å². The Balaban J connectivity index is 1.57. The summed E-state index contributed by atoms with van der Waals surface area (Å²) < 4.78 is 11.0. The number of carbonyl (C=O) groups is 1. The Morgan fingerprint density at radius 3 is 2.55 bits per heavy atom. The zero-order valence-corrected chi connectivity index (χ0v) is 19.8. The first-order valence-electron chi connectivity index (χ1n) is 11.7. The van der Waals surface area contributed by atoms with Crippen molar-refractivity contribution in [2.24, 2.45) is 5.41 Å². The van der Waals surface area contributed by atoms with Crippen LogP contribution in [0, 0.1) is 5.41 Å². The second-order valence-electron chi connectivity index (χ2n) is 9.88. The number of rotatable bonds is 8. The van der Waals surface area contributed by atoms with Gasteiger partial charge in [0.2, 0.25) is 12.7 Å². The van der Waals surface area contributed by atoms with E-state index in [-0.39, 0.29) is 24.2 Å². The summed E-state index contributed by atoms with van der Waals surface area (Å²) >= 11 is 0. The van der Waals surface area contributed by atoms with Crippen molar-refractivity contribution in [3.8, 4) is 0 Å². The van der Waals surface area contributed by atoms with Crippen LogP contribution in [0.1, 0.15) is 45.6 Å². The molecule has 7 nitrogen and oxygen atoms in total. The van der Waals surface area contributed by atoms with Crippen LogP contribution in [0.2, 0.25) is 0 Å². The van der Waals surface area contributed by atoms with Gasteiger partial charge in [-0.3, -0.25) is 4.79 Å². The van der Waals surface area contributed by atoms with Crippen molar-refractivity contribution in [2.75, 3.05) is 35.4 Å². The molecule has 0 spiro atoms. The second-order valence-corrected chi connectivity index (χ2v) is 9.88. The molecule has 1 saturated heterocycles. The highest BCUT2D eigenvalue weighted by Gasteiger charge is 2.24. The Bertz CT molecular complexity index is 979. The van der Waals surface area contributed by atoms with E-state index in [1.165, 1.54) is 5.56 Å². The van der Waals surface area contributed by atoms with E-state index in [1.807, 2.05) is 30.3 Å². The molecule has 2 aliphatic rings. The standard InChI is InChI=1S/C26H34N4O3/c1-26(2,3)16-24(31)28-20-11-12-23(29-25(20)30-13-7-8-14-30)27-21(22-17-32-18-33-22)15-19-9-5-4-6-10-19/h4-6,9-12,17,21H,7-8,13-16,18H2,1-3H3,(H,27,29)(H,28,31). The number of pyridine rings is 1. The Morgan fingerprint density at radius 2 is 1.88 bits per heavy atom. The van der Waals surface area contributed by atoms with E-state index in [1.54, 1.807) is 6.26 Å². The minimum atomic E-state index is -0.116. The van der Waals surface area contributed by atoms with Gasteiger partial charge in [-0.1, -0.05) is 51.1 Å². The first-order valence-corrected chi connectivity index (χ1v) is 11.7. The third kappa shape index (κ3) is 6.40. The van der Waals surface area contributed by atoms with Crippen molar-refractivity contribution in [2.45, 2.75) is 52.5 Å². The van der Waals surface area contributed by atoms with Gasteiger partial charge in [-0.05, 0) is 42.4 Å². The molecule has 33 heavy (non-hydrogen) atoms. The number of benzene rings is 1. The van der Waals surface area contributed by atoms with Crippen LogP contribution in [-0.4, -0.2) is 36.8 Å². The molecule has 1 fully saturated rings. The molecule has 7 heteroatoms. The van der Waals surface area contributed by atoms with E-state index in [4.69, 9.17) is 14.5 Å². The molecule has 2 aromatic rings. The number of aromatic nitrogens is 1. The van der Waals surface area contributed by atoms with Gasteiger partial charge in [-0.15, -0.1) is 0 Å². The highest BCUT2D eigenvalue weighted by molar-refractivity contribution is 5.94. The normalized spacial score (nSPS) is 16.6. The van der Waals surface area contributed by atoms with Gasteiger partial charge in [0.15, 0.2) is 11.6 Å². The lowest BCUT2D eigenvalue weighted by Crippen LogP contribution is -2.27. The summed E-state index contributed by atoms with van der Waals surface area (Å²) in [6.07, 6.45) is 5.12. The van der Waals surface area contributed by atoms with Crippen LogP contribution in [0.3, 0.4) is 0 Å². The maximum Gasteiger partial charge on any atom is 0.229 e. The highest BCUT2D eigenvalue weighted by atomic mass is 16.7. The zero-order valence-electron chi connectivity index (χ0n) is 19.8. The summed E-state index contributed by atoms with van der Waals surface area (Å²) in [7, 11) is 0.